The Labute approximate surface area is 104 Å². The first kappa shape index (κ1) is 12.3. The Morgan fingerprint density at radius 2 is 2.11 bits per heavy atom. The second kappa shape index (κ2) is 5.03. The lowest BCUT2D eigenvalue weighted by Gasteiger charge is -2.13. The number of nitrogens with zero attached hydrogens (tertiary/aromatic N) is 3. The summed E-state index contributed by atoms with van der Waals surface area (Å²) in [5.74, 6) is 0.662. The van der Waals surface area contributed by atoms with Crippen molar-refractivity contribution in [3.8, 4) is 11.6 Å². The van der Waals surface area contributed by atoms with Crippen LogP contribution in [0.3, 0.4) is 0 Å². The molecule has 18 heavy (non-hydrogen) atoms. The van der Waals surface area contributed by atoms with E-state index in [0.717, 1.165) is 5.69 Å². The first-order valence-corrected chi connectivity index (χ1v) is 5.30. The van der Waals surface area contributed by atoms with Gasteiger partial charge in [-0.1, -0.05) is 11.3 Å². The predicted octanol–water partition coefficient (Wildman–Crippen LogP) is 0.646. The van der Waals surface area contributed by atoms with Crippen LogP contribution in [0.5, 0.6) is 11.6 Å². The van der Waals surface area contributed by atoms with E-state index in [2.05, 4.69) is 15.4 Å². The third kappa shape index (κ3) is 2.58. The van der Waals surface area contributed by atoms with Crippen LogP contribution in [-0.2, 0) is 0 Å². The van der Waals surface area contributed by atoms with E-state index in [1.807, 2.05) is 37.2 Å². The van der Waals surface area contributed by atoms with Crippen molar-refractivity contribution in [2.24, 2.45) is 0 Å². The summed E-state index contributed by atoms with van der Waals surface area (Å²) in [4.78, 5) is 1.93. The molecular formula is C11H14N4O3. The van der Waals surface area contributed by atoms with Crippen molar-refractivity contribution in [1.29, 1.82) is 0 Å². The van der Waals surface area contributed by atoms with Gasteiger partial charge in [-0.15, -0.1) is 5.10 Å². The molecule has 0 saturated carbocycles. The molecule has 7 heteroatoms. The summed E-state index contributed by atoms with van der Waals surface area (Å²) in [6.07, 6.45) is -1.73. The fourth-order valence-electron chi connectivity index (χ4n) is 1.41. The third-order valence-corrected chi connectivity index (χ3v) is 2.34. The van der Waals surface area contributed by atoms with Crippen molar-refractivity contribution < 1.29 is 14.9 Å². The number of H-pyrrole nitrogens is 1. The van der Waals surface area contributed by atoms with Crippen LogP contribution in [-0.4, -0.2) is 39.7 Å². The molecule has 0 saturated heterocycles. The molecular weight excluding hydrogens is 236 g/mol. The van der Waals surface area contributed by atoms with Gasteiger partial charge in [0.15, 0.2) is 5.69 Å². The van der Waals surface area contributed by atoms with E-state index in [1.54, 1.807) is 6.07 Å². The van der Waals surface area contributed by atoms with Crippen molar-refractivity contribution >= 4 is 5.69 Å². The van der Waals surface area contributed by atoms with E-state index in [-0.39, 0.29) is 11.6 Å². The minimum atomic E-state index is -1.73. The number of rotatable bonds is 4. The summed E-state index contributed by atoms with van der Waals surface area (Å²) < 4.78 is 5.47. The second-order valence-electron chi connectivity index (χ2n) is 3.89. The van der Waals surface area contributed by atoms with Crippen LogP contribution in [0.4, 0.5) is 5.69 Å². The van der Waals surface area contributed by atoms with E-state index < -0.39 is 6.29 Å². The predicted molar refractivity (Wildman–Crippen MR) is 64.4 cm³/mol. The minimum Gasteiger partial charge on any atom is -0.437 e. The molecule has 0 bridgehead atoms. The summed E-state index contributed by atoms with van der Waals surface area (Å²) >= 11 is 0. The lowest BCUT2D eigenvalue weighted by atomic mass is 10.3. The van der Waals surface area contributed by atoms with E-state index in [4.69, 9.17) is 14.9 Å². The third-order valence-electron chi connectivity index (χ3n) is 2.34. The summed E-state index contributed by atoms with van der Waals surface area (Å²) in [7, 11) is 3.83. The van der Waals surface area contributed by atoms with Crippen LogP contribution in [0.1, 0.15) is 12.0 Å². The average Bonchev–Trinajstić information content (AvgIpc) is 2.77. The highest BCUT2D eigenvalue weighted by molar-refractivity contribution is 5.50. The summed E-state index contributed by atoms with van der Waals surface area (Å²) in [5.41, 5.74) is 0.913. The van der Waals surface area contributed by atoms with Gasteiger partial charge in [0.25, 0.3) is 0 Å². The highest BCUT2D eigenvalue weighted by atomic mass is 16.5. The lowest BCUT2D eigenvalue weighted by molar-refractivity contribution is -0.0470. The Kier molecular flexibility index (Phi) is 3.45. The zero-order valence-corrected chi connectivity index (χ0v) is 10.0. The van der Waals surface area contributed by atoms with Crippen LogP contribution >= 0.6 is 0 Å². The van der Waals surface area contributed by atoms with Crippen molar-refractivity contribution in [2.45, 2.75) is 6.29 Å². The van der Waals surface area contributed by atoms with Crippen LogP contribution in [0.25, 0.3) is 0 Å². The SMILES string of the molecule is CN(C)c1cccc(Oc2[nH]nnc2C(O)O)c1. The van der Waals surface area contributed by atoms with Crippen molar-refractivity contribution in [3.63, 3.8) is 0 Å². The van der Waals surface area contributed by atoms with Gasteiger partial charge >= 0.3 is 0 Å². The van der Waals surface area contributed by atoms with Crippen LogP contribution in [0, 0.1) is 0 Å². The number of hydrogen-bond donors (Lipinski definition) is 3. The fourth-order valence-corrected chi connectivity index (χ4v) is 1.41. The second-order valence-corrected chi connectivity index (χ2v) is 3.89. The number of anilines is 1. The van der Waals surface area contributed by atoms with Gasteiger partial charge in [-0.25, -0.2) is 5.10 Å². The monoisotopic (exact) mass is 250 g/mol. The Bertz CT molecular complexity index is 525. The van der Waals surface area contributed by atoms with Crippen LogP contribution in [0.2, 0.25) is 0 Å². The number of aromatic amines is 1. The summed E-state index contributed by atoms with van der Waals surface area (Å²) in [6, 6.07) is 7.33. The Balaban J connectivity index is 2.23. The number of benzene rings is 1. The standard InChI is InChI=1S/C11H14N4O3/c1-15(2)7-4-3-5-8(6-7)18-10-9(11(16)17)12-14-13-10/h3-6,11,16-17H,1-2H3,(H,12,13,14). The van der Waals surface area contributed by atoms with Crippen LogP contribution < -0.4 is 9.64 Å². The highest BCUT2D eigenvalue weighted by Crippen LogP contribution is 2.27. The van der Waals surface area contributed by atoms with E-state index in [0.29, 0.717) is 5.75 Å². The van der Waals surface area contributed by atoms with Crippen molar-refractivity contribution in [3.05, 3.63) is 30.0 Å². The molecule has 3 N–H and O–H groups in total. The molecule has 2 rings (SSSR count). The minimum absolute atomic E-state index is 0.0507. The molecule has 0 spiro atoms. The lowest BCUT2D eigenvalue weighted by Crippen LogP contribution is -2.08. The first-order chi connectivity index (χ1) is 8.58. The molecule has 2 aromatic rings. The number of aromatic nitrogens is 3. The fraction of sp³-hybridized carbons (Fsp3) is 0.273. The van der Waals surface area contributed by atoms with Gasteiger partial charge < -0.3 is 19.8 Å². The van der Waals surface area contributed by atoms with E-state index in [9.17, 15) is 0 Å². The van der Waals surface area contributed by atoms with Crippen molar-refractivity contribution in [1.82, 2.24) is 15.4 Å². The molecule has 0 aliphatic rings. The quantitative estimate of drug-likeness (QED) is 0.689. The molecule has 1 heterocycles. The number of nitrogens with one attached hydrogen (secondary N) is 1. The van der Waals surface area contributed by atoms with Gasteiger partial charge in [-0.2, -0.15) is 0 Å². The molecule has 0 unspecified atom stereocenters. The van der Waals surface area contributed by atoms with Gasteiger partial charge in [0, 0.05) is 25.8 Å². The Hall–Kier alpha value is -2.12. The van der Waals surface area contributed by atoms with Gasteiger partial charge in [0.2, 0.25) is 12.2 Å². The maximum absolute atomic E-state index is 9.06. The van der Waals surface area contributed by atoms with Gasteiger partial charge in [-0.3, -0.25) is 0 Å². The molecule has 0 atom stereocenters. The maximum atomic E-state index is 9.06. The largest absolute Gasteiger partial charge is 0.437 e. The molecule has 0 aliphatic carbocycles. The average molecular weight is 250 g/mol. The Morgan fingerprint density at radius 1 is 1.33 bits per heavy atom. The van der Waals surface area contributed by atoms with E-state index in [1.165, 1.54) is 0 Å². The molecule has 0 amide bonds. The zero-order valence-electron chi connectivity index (χ0n) is 10.0. The van der Waals surface area contributed by atoms with Gasteiger partial charge in [0.1, 0.15) is 5.75 Å². The summed E-state index contributed by atoms with van der Waals surface area (Å²) in [6.45, 7) is 0. The number of ether oxygens (including phenoxy) is 1. The van der Waals surface area contributed by atoms with Gasteiger partial charge in [-0.05, 0) is 12.1 Å². The smallest absolute Gasteiger partial charge is 0.244 e. The molecule has 1 aromatic carbocycles. The van der Waals surface area contributed by atoms with Crippen LogP contribution in [0.15, 0.2) is 24.3 Å². The van der Waals surface area contributed by atoms with Crippen molar-refractivity contribution in [2.75, 3.05) is 19.0 Å². The topological polar surface area (TPSA) is 94.5 Å². The zero-order chi connectivity index (χ0) is 13.1. The van der Waals surface area contributed by atoms with E-state index >= 15 is 0 Å². The summed E-state index contributed by atoms with van der Waals surface area (Å²) in [5, 5.41) is 27.6. The number of aliphatic hydroxyl groups excluding tert-OH is 1. The molecule has 7 nitrogen and oxygen atoms in total. The van der Waals surface area contributed by atoms with Gasteiger partial charge in [0.05, 0.1) is 0 Å². The molecule has 96 valence electrons. The Morgan fingerprint density at radius 3 is 2.78 bits per heavy atom. The normalized spacial score (nSPS) is 10.7. The number of aliphatic hydroxyl groups is 2. The number of hydrogen-bond acceptors (Lipinski definition) is 6. The molecule has 0 fully saturated rings. The maximum Gasteiger partial charge on any atom is 0.244 e. The first-order valence-electron chi connectivity index (χ1n) is 5.30. The molecule has 0 aliphatic heterocycles. The molecule has 0 radical (unpaired) electrons. The molecule has 1 aromatic heterocycles. The highest BCUT2D eigenvalue weighted by Gasteiger charge is 2.16.